The van der Waals surface area contributed by atoms with Crippen LogP contribution in [0.1, 0.15) is 399 Å². The Balaban J connectivity index is 3.06. The van der Waals surface area contributed by atoms with Gasteiger partial charge >= 0.3 is 0 Å². The second kappa shape index (κ2) is 63.3. The number of halogens is 1. The molecule has 0 heterocycles. The maximum atomic E-state index is 5.75. The van der Waals surface area contributed by atoms with E-state index in [1.807, 2.05) is 0 Å². The van der Waals surface area contributed by atoms with E-state index in [1.165, 1.54) is 392 Å². The molecule has 0 amide bonds. The molecule has 0 rings (SSSR count). The molecule has 1 heteroatoms. The Kier molecular flexibility index (Phi) is 63.6. The van der Waals surface area contributed by atoms with E-state index in [-0.39, 0.29) is 0 Å². The van der Waals surface area contributed by atoms with E-state index < -0.39 is 0 Å². The van der Waals surface area contributed by atoms with Crippen molar-refractivity contribution in [2.75, 3.05) is 5.88 Å². The van der Waals surface area contributed by atoms with Crippen LogP contribution in [0, 0.1) is 0 Å². The molecular formula is C63H127Cl. The summed E-state index contributed by atoms with van der Waals surface area (Å²) >= 11 is 5.75. The zero-order valence-electron chi connectivity index (χ0n) is 45.2. The molecule has 0 aromatic carbocycles. The van der Waals surface area contributed by atoms with Gasteiger partial charge in [0.25, 0.3) is 0 Å². The van der Waals surface area contributed by atoms with Crippen molar-refractivity contribution in [2.24, 2.45) is 0 Å². The summed E-state index contributed by atoms with van der Waals surface area (Å²) in [6.45, 7) is 2.31. The standard InChI is InChI=1S/C63H127Cl/c1-2-3-4-5-6-7-8-9-10-11-12-13-14-15-16-17-18-19-20-21-22-23-24-25-26-27-28-29-30-31-32-33-34-35-36-37-38-39-40-41-42-43-44-45-46-47-48-49-50-51-52-53-54-55-56-57-58-59-60-61-62-63-64/h2-63H2,1H3. The normalized spacial score (nSPS) is 11.7. The molecule has 386 valence electrons. The Hall–Kier alpha value is 0.290. The van der Waals surface area contributed by atoms with Gasteiger partial charge in [-0.3, -0.25) is 0 Å². The minimum absolute atomic E-state index is 0.847. The second-order valence-corrected chi connectivity index (χ2v) is 22.3. The van der Waals surface area contributed by atoms with E-state index in [0.717, 1.165) is 5.88 Å². The van der Waals surface area contributed by atoms with Gasteiger partial charge in [0.15, 0.2) is 0 Å². The Morgan fingerprint density at radius 3 is 0.281 bits per heavy atom. The van der Waals surface area contributed by atoms with E-state index in [4.69, 9.17) is 11.6 Å². The molecule has 0 atom stereocenters. The fourth-order valence-electron chi connectivity index (χ4n) is 10.6. The molecule has 0 fully saturated rings. The quantitative estimate of drug-likeness (QED) is 0.0421. The smallest absolute Gasteiger partial charge is 0.0223 e. The predicted octanol–water partition coefficient (Wildman–Crippen LogP) is 25.0. The van der Waals surface area contributed by atoms with Crippen molar-refractivity contribution >= 4 is 11.6 Å². The highest BCUT2D eigenvalue weighted by Gasteiger charge is 2.00. The molecule has 0 aliphatic rings. The summed E-state index contributed by atoms with van der Waals surface area (Å²) in [5.41, 5.74) is 0. The zero-order chi connectivity index (χ0) is 45.8. The maximum Gasteiger partial charge on any atom is 0.0223 e. The maximum absolute atomic E-state index is 5.75. The number of hydrogen-bond acceptors (Lipinski definition) is 0. The Bertz CT molecular complexity index is 684. The van der Waals surface area contributed by atoms with E-state index in [2.05, 4.69) is 6.92 Å². The van der Waals surface area contributed by atoms with Gasteiger partial charge in [-0.15, -0.1) is 11.6 Å². The summed E-state index contributed by atoms with van der Waals surface area (Å²) in [4.78, 5) is 0. The summed E-state index contributed by atoms with van der Waals surface area (Å²) in [7, 11) is 0. The Morgan fingerprint density at radius 1 is 0.125 bits per heavy atom. The summed E-state index contributed by atoms with van der Waals surface area (Å²) in [6, 6.07) is 0. The largest absolute Gasteiger partial charge is 0.127 e. The van der Waals surface area contributed by atoms with Crippen molar-refractivity contribution in [3.8, 4) is 0 Å². The minimum atomic E-state index is 0.847. The molecule has 0 unspecified atom stereocenters. The highest BCUT2D eigenvalue weighted by molar-refractivity contribution is 6.17. The lowest BCUT2D eigenvalue weighted by atomic mass is 10.0. The van der Waals surface area contributed by atoms with E-state index in [1.54, 1.807) is 0 Å². The molecule has 0 saturated carbocycles. The summed E-state index contributed by atoms with van der Waals surface area (Å²) in [6.07, 6.45) is 90.2. The van der Waals surface area contributed by atoms with Gasteiger partial charge in [-0.1, -0.05) is 392 Å². The molecule has 64 heavy (non-hydrogen) atoms. The van der Waals surface area contributed by atoms with Gasteiger partial charge < -0.3 is 0 Å². The number of hydrogen-bond donors (Lipinski definition) is 0. The first-order valence-corrected chi connectivity index (χ1v) is 32.0. The van der Waals surface area contributed by atoms with Gasteiger partial charge in [0.2, 0.25) is 0 Å². The Labute approximate surface area is 414 Å². The lowest BCUT2D eigenvalue weighted by molar-refractivity contribution is 0.506. The van der Waals surface area contributed by atoms with Gasteiger partial charge in [0.1, 0.15) is 0 Å². The molecule has 0 aromatic heterocycles. The van der Waals surface area contributed by atoms with Gasteiger partial charge in [-0.05, 0) is 6.42 Å². The molecule has 0 bridgehead atoms. The molecule has 0 aliphatic heterocycles. The monoisotopic (exact) mass is 919 g/mol. The SMILES string of the molecule is CCCCCCCCCCCCCCCCCCCCCCCCCCCCCCCCCCCCCCCCCCCCCCCCCCCCCCCCCCCCCCCCl. The molecule has 0 radical (unpaired) electrons. The van der Waals surface area contributed by atoms with Crippen LogP contribution in [0.15, 0.2) is 0 Å². The first kappa shape index (κ1) is 64.3. The molecule has 0 N–H and O–H groups in total. The number of alkyl halides is 1. The molecule has 0 aromatic rings. The van der Waals surface area contributed by atoms with Gasteiger partial charge in [-0.2, -0.15) is 0 Å². The summed E-state index contributed by atoms with van der Waals surface area (Å²) in [5, 5.41) is 0. The van der Waals surface area contributed by atoms with Crippen LogP contribution >= 0.6 is 11.6 Å². The van der Waals surface area contributed by atoms with Crippen molar-refractivity contribution in [1.29, 1.82) is 0 Å². The Morgan fingerprint density at radius 2 is 0.203 bits per heavy atom. The lowest BCUT2D eigenvalue weighted by Crippen LogP contribution is -1.85. The van der Waals surface area contributed by atoms with Gasteiger partial charge in [0, 0.05) is 5.88 Å². The summed E-state index contributed by atoms with van der Waals surface area (Å²) < 4.78 is 0. The summed E-state index contributed by atoms with van der Waals surface area (Å²) in [5.74, 6) is 0.847. The molecule has 0 nitrogen and oxygen atoms in total. The lowest BCUT2D eigenvalue weighted by Gasteiger charge is -2.05. The van der Waals surface area contributed by atoms with E-state index >= 15 is 0 Å². The molecular weight excluding hydrogens is 792 g/mol. The van der Waals surface area contributed by atoms with E-state index in [0.29, 0.717) is 0 Å². The average Bonchev–Trinajstić information content (AvgIpc) is 3.31. The van der Waals surface area contributed by atoms with Gasteiger partial charge in [-0.25, -0.2) is 0 Å². The van der Waals surface area contributed by atoms with E-state index in [9.17, 15) is 0 Å². The van der Waals surface area contributed by atoms with Crippen molar-refractivity contribution < 1.29 is 0 Å². The average molecular weight is 920 g/mol. The van der Waals surface area contributed by atoms with Crippen LogP contribution < -0.4 is 0 Å². The van der Waals surface area contributed by atoms with Crippen LogP contribution in [0.4, 0.5) is 0 Å². The number of rotatable bonds is 61. The van der Waals surface area contributed by atoms with Gasteiger partial charge in [0.05, 0.1) is 0 Å². The van der Waals surface area contributed by atoms with Crippen LogP contribution in [0.5, 0.6) is 0 Å². The molecule has 0 aliphatic carbocycles. The van der Waals surface area contributed by atoms with Crippen LogP contribution in [0.25, 0.3) is 0 Å². The third-order valence-electron chi connectivity index (χ3n) is 15.2. The van der Waals surface area contributed by atoms with Crippen molar-refractivity contribution in [3.63, 3.8) is 0 Å². The third-order valence-corrected chi connectivity index (χ3v) is 15.5. The van der Waals surface area contributed by atoms with Crippen molar-refractivity contribution in [3.05, 3.63) is 0 Å². The second-order valence-electron chi connectivity index (χ2n) is 21.9. The van der Waals surface area contributed by atoms with Crippen LogP contribution in [-0.2, 0) is 0 Å². The number of unbranched alkanes of at least 4 members (excludes halogenated alkanes) is 60. The van der Waals surface area contributed by atoms with Crippen LogP contribution in [0.2, 0.25) is 0 Å². The van der Waals surface area contributed by atoms with Crippen molar-refractivity contribution in [1.82, 2.24) is 0 Å². The van der Waals surface area contributed by atoms with Crippen LogP contribution in [0.3, 0.4) is 0 Å². The fraction of sp³-hybridized carbons (Fsp3) is 1.00. The first-order chi connectivity index (χ1) is 31.9. The zero-order valence-corrected chi connectivity index (χ0v) is 46.0. The predicted molar refractivity (Wildman–Crippen MR) is 298 cm³/mol. The van der Waals surface area contributed by atoms with Crippen LogP contribution in [-0.4, -0.2) is 5.88 Å². The van der Waals surface area contributed by atoms with Crippen molar-refractivity contribution in [2.45, 2.75) is 399 Å². The molecule has 0 saturated heterocycles. The third kappa shape index (κ3) is 62.3. The fourth-order valence-corrected chi connectivity index (χ4v) is 10.8. The highest BCUT2D eigenvalue weighted by Crippen LogP contribution is 2.20. The minimum Gasteiger partial charge on any atom is -0.127 e. The highest BCUT2D eigenvalue weighted by atomic mass is 35.5. The molecule has 0 spiro atoms. The first-order valence-electron chi connectivity index (χ1n) is 31.5. The topological polar surface area (TPSA) is 0 Å².